The lowest BCUT2D eigenvalue weighted by atomic mass is 9.93. The smallest absolute Gasteiger partial charge is 0.344 e. The van der Waals surface area contributed by atoms with Crippen LogP contribution < -0.4 is 5.32 Å². The van der Waals surface area contributed by atoms with Gasteiger partial charge >= 0.3 is 6.18 Å². The van der Waals surface area contributed by atoms with Gasteiger partial charge in [0.05, 0.1) is 11.2 Å². The van der Waals surface area contributed by atoms with Crippen molar-refractivity contribution >= 4 is 17.2 Å². The Hall–Kier alpha value is -1.90. The Balaban J connectivity index is 1.73. The van der Waals surface area contributed by atoms with Gasteiger partial charge in [-0.25, -0.2) is 9.97 Å². The van der Waals surface area contributed by atoms with Gasteiger partial charge in [0, 0.05) is 35.7 Å². The third kappa shape index (κ3) is 3.49. The summed E-state index contributed by atoms with van der Waals surface area (Å²) in [5, 5.41) is 3.83. The lowest BCUT2D eigenvalue weighted by Gasteiger charge is -2.29. The van der Waals surface area contributed by atoms with Crippen molar-refractivity contribution in [1.29, 1.82) is 0 Å². The van der Waals surface area contributed by atoms with Gasteiger partial charge in [0.15, 0.2) is 0 Å². The molecule has 0 saturated carbocycles. The Labute approximate surface area is 153 Å². The zero-order chi connectivity index (χ0) is 19.3. The van der Waals surface area contributed by atoms with Crippen LogP contribution in [0.1, 0.15) is 47.4 Å². The number of aryl methyl sites for hydroxylation is 2. The number of imidazole rings is 1. The van der Waals surface area contributed by atoms with Crippen LogP contribution in [0.4, 0.5) is 13.2 Å². The van der Waals surface area contributed by atoms with Crippen molar-refractivity contribution in [3.8, 4) is 0 Å². The summed E-state index contributed by atoms with van der Waals surface area (Å²) in [5.74, 6) is -1.43. The number of amides is 1. The minimum atomic E-state index is -4.48. The van der Waals surface area contributed by atoms with Crippen LogP contribution in [-0.2, 0) is 29.5 Å². The van der Waals surface area contributed by atoms with Crippen molar-refractivity contribution in [3.05, 3.63) is 33.3 Å². The molecule has 0 unspecified atom stereocenters. The summed E-state index contributed by atoms with van der Waals surface area (Å²) in [6.45, 7) is 7.82. The van der Waals surface area contributed by atoms with Crippen LogP contribution >= 0.6 is 11.3 Å². The van der Waals surface area contributed by atoms with Gasteiger partial charge in [-0.05, 0) is 34.1 Å². The number of alkyl halides is 3. The van der Waals surface area contributed by atoms with Crippen molar-refractivity contribution in [1.82, 2.24) is 19.9 Å². The van der Waals surface area contributed by atoms with Gasteiger partial charge in [-0.3, -0.25) is 4.79 Å². The molecule has 0 aromatic carbocycles. The molecular formula is C17H21F3N4OS. The minimum Gasteiger partial charge on any atom is -0.344 e. The highest BCUT2D eigenvalue weighted by Crippen LogP contribution is 2.33. The second kappa shape index (κ2) is 6.37. The number of aromatic nitrogens is 3. The summed E-state index contributed by atoms with van der Waals surface area (Å²) >= 11 is 1.54. The van der Waals surface area contributed by atoms with Crippen molar-refractivity contribution in [2.45, 2.75) is 58.8 Å². The summed E-state index contributed by atoms with van der Waals surface area (Å²) in [6, 6.07) is 0. The number of fused-ring (bicyclic) bond motifs is 1. The number of thiazole rings is 1. The lowest BCUT2D eigenvalue weighted by Crippen LogP contribution is -2.45. The molecule has 1 aliphatic rings. The van der Waals surface area contributed by atoms with E-state index in [1.54, 1.807) is 0 Å². The molecule has 2 aromatic heterocycles. The van der Waals surface area contributed by atoms with E-state index in [9.17, 15) is 18.0 Å². The molecule has 0 bridgehead atoms. The Kier molecular flexibility index (Phi) is 4.62. The summed E-state index contributed by atoms with van der Waals surface area (Å²) < 4.78 is 40.0. The maximum Gasteiger partial charge on any atom is 0.449 e. The molecule has 0 aliphatic carbocycles. The quantitative estimate of drug-likeness (QED) is 0.877. The van der Waals surface area contributed by atoms with Crippen LogP contribution in [0.2, 0.25) is 0 Å². The average molecular weight is 386 g/mol. The predicted molar refractivity (Wildman–Crippen MR) is 91.8 cm³/mol. The molecule has 0 fully saturated rings. The molecule has 0 radical (unpaired) electrons. The summed E-state index contributed by atoms with van der Waals surface area (Å²) in [7, 11) is 0. The molecule has 1 aliphatic heterocycles. The Morgan fingerprint density at radius 2 is 2.04 bits per heavy atom. The van der Waals surface area contributed by atoms with E-state index >= 15 is 0 Å². The molecule has 0 saturated heterocycles. The molecule has 1 atom stereocenters. The fourth-order valence-corrected chi connectivity index (χ4v) is 4.09. The van der Waals surface area contributed by atoms with Gasteiger partial charge in [-0.15, -0.1) is 11.3 Å². The summed E-state index contributed by atoms with van der Waals surface area (Å²) in [5.41, 5.74) is 0.756. The fourth-order valence-electron chi connectivity index (χ4n) is 3.12. The number of halogens is 3. The van der Waals surface area contributed by atoms with Crippen molar-refractivity contribution in [2.75, 3.05) is 0 Å². The molecule has 1 N–H and O–H groups in total. The lowest BCUT2D eigenvalue weighted by molar-refractivity contribution is -0.147. The van der Waals surface area contributed by atoms with E-state index in [-0.39, 0.29) is 24.8 Å². The molecule has 142 valence electrons. The monoisotopic (exact) mass is 386 g/mol. The largest absolute Gasteiger partial charge is 0.449 e. The second-order valence-corrected chi connectivity index (χ2v) is 8.39. The molecular weight excluding hydrogens is 365 g/mol. The number of nitrogens with zero attached hydrogens (tertiary/aromatic N) is 3. The molecule has 2 aromatic rings. The summed E-state index contributed by atoms with van der Waals surface area (Å²) in [4.78, 5) is 21.8. The number of rotatable bonds is 3. The molecule has 3 rings (SSSR count). The predicted octanol–water partition coefficient (Wildman–Crippen LogP) is 3.59. The van der Waals surface area contributed by atoms with E-state index in [0.717, 1.165) is 15.6 Å². The highest BCUT2D eigenvalue weighted by atomic mass is 32.1. The maximum atomic E-state index is 12.9. The standard InChI is InChI=1S/C17H21F3N4OS/c1-9-10(2)26-15(22-9)16(3,4)23-13(25)11-5-6-24-12(7-11)8-21-14(24)17(18,19)20/h8,11H,5-7H2,1-4H3,(H,23,25)/t11-/m1/s1. The van der Waals surface area contributed by atoms with E-state index in [2.05, 4.69) is 15.3 Å². The van der Waals surface area contributed by atoms with Crippen molar-refractivity contribution in [3.63, 3.8) is 0 Å². The van der Waals surface area contributed by atoms with Gasteiger partial charge in [0.1, 0.15) is 5.01 Å². The van der Waals surface area contributed by atoms with Crippen molar-refractivity contribution < 1.29 is 18.0 Å². The van der Waals surface area contributed by atoms with Gasteiger partial charge in [-0.2, -0.15) is 13.2 Å². The van der Waals surface area contributed by atoms with E-state index in [1.165, 1.54) is 22.1 Å². The maximum absolute atomic E-state index is 12.9. The molecule has 9 heteroatoms. The normalized spacial score (nSPS) is 17.9. The van der Waals surface area contributed by atoms with Crippen molar-refractivity contribution in [2.24, 2.45) is 5.92 Å². The van der Waals surface area contributed by atoms with Crippen LogP contribution in [0, 0.1) is 19.8 Å². The molecule has 3 heterocycles. The molecule has 0 spiro atoms. The van der Waals surface area contributed by atoms with Crippen LogP contribution in [0.5, 0.6) is 0 Å². The second-order valence-electron chi connectivity index (χ2n) is 7.19. The first-order chi connectivity index (χ1) is 12.0. The number of hydrogen-bond donors (Lipinski definition) is 1. The number of carbonyl (C=O) groups excluding carboxylic acids is 1. The van der Waals surface area contributed by atoms with Crippen LogP contribution in [0.3, 0.4) is 0 Å². The third-order valence-electron chi connectivity index (χ3n) is 4.72. The highest BCUT2D eigenvalue weighted by Gasteiger charge is 2.40. The highest BCUT2D eigenvalue weighted by molar-refractivity contribution is 7.11. The average Bonchev–Trinajstić information content (AvgIpc) is 3.10. The Bertz CT molecular complexity index is 818. The van der Waals surface area contributed by atoms with E-state index < -0.39 is 17.5 Å². The molecule has 5 nitrogen and oxygen atoms in total. The van der Waals surface area contributed by atoms with Crippen LogP contribution in [0.25, 0.3) is 0 Å². The Morgan fingerprint density at radius 1 is 1.35 bits per heavy atom. The zero-order valence-electron chi connectivity index (χ0n) is 15.1. The minimum absolute atomic E-state index is 0.137. The fraction of sp³-hybridized carbons (Fsp3) is 0.588. The zero-order valence-corrected chi connectivity index (χ0v) is 15.9. The van der Waals surface area contributed by atoms with Gasteiger partial charge in [-0.1, -0.05) is 0 Å². The van der Waals surface area contributed by atoms with Gasteiger partial charge < -0.3 is 9.88 Å². The third-order valence-corrected chi connectivity index (χ3v) is 6.11. The van der Waals surface area contributed by atoms with E-state index in [1.807, 2.05) is 27.7 Å². The molecule has 1 amide bonds. The number of nitrogens with one attached hydrogen (secondary N) is 1. The summed E-state index contributed by atoms with van der Waals surface area (Å²) in [6.07, 6.45) is -2.65. The first-order valence-electron chi connectivity index (χ1n) is 8.37. The van der Waals surface area contributed by atoms with Crippen LogP contribution in [-0.4, -0.2) is 20.4 Å². The topological polar surface area (TPSA) is 59.8 Å². The molecule has 26 heavy (non-hydrogen) atoms. The van der Waals surface area contributed by atoms with Crippen LogP contribution in [0.15, 0.2) is 6.20 Å². The first kappa shape index (κ1) is 18.9. The first-order valence-corrected chi connectivity index (χ1v) is 9.19. The van der Waals surface area contributed by atoms with E-state index in [0.29, 0.717) is 12.1 Å². The number of hydrogen-bond acceptors (Lipinski definition) is 4. The number of carbonyl (C=O) groups is 1. The van der Waals surface area contributed by atoms with Gasteiger partial charge in [0.2, 0.25) is 11.7 Å². The van der Waals surface area contributed by atoms with E-state index in [4.69, 9.17) is 0 Å². The Morgan fingerprint density at radius 3 is 2.62 bits per heavy atom. The SMILES string of the molecule is Cc1nc(C(C)(C)NC(=O)[C@@H]2CCn3c(cnc3C(F)(F)F)C2)sc1C. The van der Waals surface area contributed by atoms with Gasteiger partial charge in [0.25, 0.3) is 0 Å².